The first-order valence-electron chi connectivity index (χ1n) is 6.98. The second kappa shape index (κ2) is 7.94. The third-order valence-corrected chi connectivity index (χ3v) is 5.05. The average Bonchev–Trinajstić information content (AvgIpc) is 2.81. The minimum atomic E-state index is 0.0732. The van der Waals surface area contributed by atoms with Crippen LogP contribution in [0, 0.1) is 3.57 Å². The van der Waals surface area contributed by atoms with E-state index in [1.165, 1.54) is 9.13 Å². The van der Waals surface area contributed by atoms with Gasteiger partial charge in [-0.25, -0.2) is 0 Å². The van der Waals surface area contributed by atoms with Crippen molar-refractivity contribution in [2.24, 2.45) is 0 Å². The van der Waals surface area contributed by atoms with E-state index in [4.69, 9.17) is 11.6 Å². The SMILES string of the molecule is CCCn1ncc(Br)c1C(NCC)c1cc(Cl)ccc1I. The Labute approximate surface area is 152 Å². The zero-order valence-corrected chi connectivity index (χ0v) is 16.5. The van der Waals surface area contributed by atoms with Gasteiger partial charge in [0.15, 0.2) is 0 Å². The zero-order chi connectivity index (χ0) is 15.4. The minimum Gasteiger partial charge on any atom is -0.305 e. The fourth-order valence-electron chi connectivity index (χ4n) is 2.34. The molecule has 1 unspecified atom stereocenters. The number of nitrogens with zero attached hydrogens (tertiary/aromatic N) is 2. The smallest absolute Gasteiger partial charge is 0.0770 e. The lowest BCUT2D eigenvalue weighted by atomic mass is 10.0. The number of benzene rings is 1. The number of aryl methyl sites for hydroxylation is 1. The lowest BCUT2D eigenvalue weighted by molar-refractivity contribution is 0.518. The summed E-state index contributed by atoms with van der Waals surface area (Å²) in [5.74, 6) is 0. The van der Waals surface area contributed by atoms with Crippen LogP contribution in [-0.2, 0) is 6.54 Å². The Balaban J connectivity index is 2.53. The summed E-state index contributed by atoms with van der Waals surface area (Å²) in [6.07, 6.45) is 2.92. The van der Waals surface area contributed by atoms with Crippen molar-refractivity contribution >= 4 is 50.1 Å². The first-order valence-corrected chi connectivity index (χ1v) is 9.23. The molecule has 0 aliphatic heterocycles. The topological polar surface area (TPSA) is 29.9 Å². The molecule has 1 aromatic heterocycles. The summed E-state index contributed by atoms with van der Waals surface area (Å²) >= 11 is 12.2. The van der Waals surface area contributed by atoms with Crippen molar-refractivity contribution in [1.29, 1.82) is 0 Å². The minimum absolute atomic E-state index is 0.0732. The van der Waals surface area contributed by atoms with Crippen LogP contribution in [0.25, 0.3) is 0 Å². The highest BCUT2D eigenvalue weighted by molar-refractivity contribution is 14.1. The number of hydrogen-bond donors (Lipinski definition) is 1. The Kier molecular flexibility index (Phi) is 6.52. The zero-order valence-electron chi connectivity index (χ0n) is 12.0. The first-order chi connectivity index (χ1) is 10.1. The Morgan fingerprint density at radius 1 is 1.43 bits per heavy atom. The Morgan fingerprint density at radius 2 is 2.19 bits per heavy atom. The van der Waals surface area contributed by atoms with E-state index in [9.17, 15) is 0 Å². The van der Waals surface area contributed by atoms with E-state index in [1.807, 2.05) is 18.3 Å². The summed E-state index contributed by atoms with van der Waals surface area (Å²) in [5, 5.41) is 8.79. The van der Waals surface area contributed by atoms with Gasteiger partial charge in [-0.2, -0.15) is 5.10 Å². The van der Waals surface area contributed by atoms with Crippen LogP contribution in [0.5, 0.6) is 0 Å². The molecule has 0 aliphatic rings. The lowest BCUT2D eigenvalue weighted by Gasteiger charge is -2.22. The molecule has 0 amide bonds. The Morgan fingerprint density at radius 3 is 2.86 bits per heavy atom. The van der Waals surface area contributed by atoms with Crippen LogP contribution in [0.1, 0.15) is 37.6 Å². The fraction of sp³-hybridized carbons (Fsp3) is 0.400. The van der Waals surface area contributed by atoms with Gasteiger partial charge in [0.05, 0.1) is 22.4 Å². The molecule has 3 nitrogen and oxygen atoms in total. The van der Waals surface area contributed by atoms with Crippen LogP contribution in [0.15, 0.2) is 28.9 Å². The van der Waals surface area contributed by atoms with Crippen LogP contribution in [-0.4, -0.2) is 16.3 Å². The molecule has 1 N–H and O–H groups in total. The normalized spacial score (nSPS) is 12.6. The van der Waals surface area contributed by atoms with Crippen LogP contribution >= 0.6 is 50.1 Å². The largest absolute Gasteiger partial charge is 0.305 e. The highest BCUT2D eigenvalue weighted by atomic mass is 127. The summed E-state index contributed by atoms with van der Waals surface area (Å²) in [4.78, 5) is 0. The Bertz CT molecular complexity index is 615. The molecule has 2 aromatic rings. The van der Waals surface area contributed by atoms with E-state index in [0.717, 1.165) is 34.7 Å². The number of rotatable bonds is 6. The molecule has 0 fully saturated rings. The van der Waals surface area contributed by atoms with Gasteiger partial charge in [-0.1, -0.05) is 25.4 Å². The van der Waals surface area contributed by atoms with Gasteiger partial charge in [0.25, 0.3) is 0 Å². The van der Waals surface area contributed by atoms with Gasteiger partial charge in [-0.3, -0.25) is 4.68 Å². The number of aromatic nitrogens is 2. The molecule has 0 saturated heterocycles. The van der Waals surface area contributed by atoms with Crippen LogP contribution < -0.4 is 5.32 Å². The maximum atomic E-state index is 6.20. The number of halogens is 3. The molecule has 6 heteroatoms. The summed E-state index contributed by atoms with van der Waals surface area (Å²) in [7, 11) is 0. The van der Waals surface area contributed by atoms with E-state index >= 15 is 0 Å². The van der Waals surface area contributed by atoms with Gasteiger partial charge in [0.1, 0.15) is 0 Å². The molecule has 0 aliphatic carbocycles. The van der Waals surface area contributed by atoms with Gasteiger partial charge < -0.3 is 5.32 Å². The molecule has 1 atom stereocenters. The van der Waals surface area contributed by atoms with Crippen molar-refractivity contribution < 1.29 is 0 Å². The quantitative estimate of drug-likeness (QED) is 0.587. The third kappa shape index (κ3) is 4.00. The van der Waals surface area contributed by atoms with Crippen LogP contribution in [0.2, 0.25) is 5.02 Å². The molecule has 0 radical (unpaired) electrons. The number of hydrogen-bond acceptors (Lipinski definition) is 2. The number of nitrogens with one attached hydrogen (secondary N) is 1. The molecule has 0 bridgehead atoms. The van der Waals surface area contributed by atoms with Crippen molar-refractivity contribution in [3.63, 3.8) is 0 Å². The predicted octanol–water partition coefficient (Wildman–Crippen LogP) is 5.01. The monoisotopic (exact) mass is 481 g/mol. The van der Waals surface area contributed by atoms with E-state index in [-0.39, 0.29) is 6.04 Å². The molecule has 114 valence electrons. The molecule has 1 heterocycles. The third-order valence-electron chi connectivity index (χ3n) is 3.22. The molecule has 1 aromatic carbocycles. The van der Waals surface area contributed by atoms with Gasteiger partial charge in [0, 0.05) is 15.1 Å². The molecule has 0 saturated carbocycles. The highest BCUT2D eigenvalue weighted by Crippen LogP contribution is 2.32. The second-order valence-corrected chi connectivity index (χ2v) is 7.21. The maximum Gasteiger partial charge on any atom is 0.0770 e. The molecular formula is C15H18BrClIN3. The molecule has 0 spiro atoms. The summed E-state index contributed by atoms with van der Waals surface area (Å²) in [6, 6.07) is 6.08. The van der Waals surface area contributed by atoms with Crippen molar-refractivity contribution in [3.8, 4) is 0 Å². The highest BCUT2D eigenvalue weighted by Gasteiger charge is 2.23. The average molecular weight is 483 g/mol. The van der Waals surface area contributed by atoms with Crippen LogP contribution in [0.4, 0.5) is 0 Å². The molecule has 21 heavy (non-hydrogen) atoms. The summed E-state index contributed by atoms with van der Waals surface area (Å²) in [5.41, 5.74) is 2.34. The Hall–Kier alpha value is -0.110. The van der Waals surface area contributed by atoms with E-state index in [1.54, 1.807) is 0 Å². The molecular weight excluding hydrogens is 464 g/mol. The predicted molar refractivity (Wildman–Crippen MR) is 99.9 cm³/mol. The van der Waals surface area contributed by atoms with E-state index in [2.05, 4.69) is 73.5 Å². The maximum absolute atomic E-state index is 6.20. The standard InChI is InChI=1S/C15H18BrClIN3/c1-3-7-21-15(12(16)9-20-21)14(19-4-2)11-8-10(17)5-6-13(11)18/h5-6,8-9,14,19H,3-4,7H2,1-2H3. The van der Waals surface area contributed by atoms with Crippen molar-refractivity contribution in [2.45, 2.75) is 32.9 Å². The lowest BCUT2D eigenvalue weighted by Crippen LogP contribution is -2.26. The summed E-state index contributed by atoms with van der Waals surface area (Å²) in [6.45, 7) is 6.04. The van der Waals surface area contributed by atoms with Crippen molar-refractivity contribution in [2.75, 3.05) is 6.54 Å². The van der Waals surface area contributed by atoms with Crippen molar-refractivity contribution in [1.82, 2.24) is 15.1 Å². The molecule has 2 rings (SSSR count). The van der Waals surface area contributed by atoms with Gasteiger partial charge in [-0.15, -0.1) is 0 Å². The van der Waals surface area contributed by atoms with E-state index < -0.39 is 0 Å². The second-order valence-electron chi connectivity index (χ2n) is 4.76. The van der Waals surface area contributed by atoms with Gasteiger partial charge in [0.2, 0.25) is 0 Å². The fourth-order valence-corrected chi connectivity index (χ4v) is 3.70. The van der Waals surface area contributed by atoms with Gasteiger partial charge in [-0.05, 0) is 75.2 Å². The summed E-state index contributed by atoms with van der Waals surface area (Å²) < 4.78 is 4.28. The van der Waals surface area contributed by atoms with E-state index in [0.29, 0.717) is 0 Å². The van der Waals surface area contributed by atoms with Crippen molar-refractivity contribution in [3.05, 3.63) is 48.7 Å². The van der Waals surface area contributed by atoms with Crippen LogP contribution in [0.3, 0.4) is 0 Å². The van der Waals surface area contributed by atoms with Gasteiger partial charge >= 0.3 is 0 Å². The first kappa shape index (κ1) is 17.2.